The molecule has 2 unspecified atom stereocenters. The van der Waals surface area contributed by atoms with E-state index < -0.39 is 0 Å². The van der Waals surface area contributed by atoms with E-state index in [9.17, 15) is 4.79 Å². The predicted molar refractivity (Wildman–Crippen MR) is 77.5 cm³/mol. The Hall–Kier alpha value is -0.840. The van der Waals surface area contributed by atoms with Gasteiger partial charge in [-0.3, -0.25) is 4.79 Å². The van der Waals surface area contributed by atoms with Gasteiger partial charge in [0.2, 0.25) is 0 Å². The Bertz CT molecular complexity index is 460. The van der Waals surface area contributed by atoms with Crippen LogP contribution in [-0.4, -0.2) is 27.5 Å². The number of rotatable bonds is 3. The number of aromatic nitrogens is 2. The van der Waals surface area contributed by atoms with Gasteiger partial charge in [0.05, 0.1) is 0 Å². The maximum atomic E-state index is 12.2. The SMILES string of the molecule is CCn1ccnc(N(C)C2CCCCC2Br)c1=O. The summed E-state index contributed by atoms with van der Waals surface area (Å²) in [5.74, 6) is 0.565. The van der Waals surface area contributed by atoms with Crippen LogP contribution in [0.15, 0.2) is 17.2 Å². The molecule has 0 saturated heterocycles. The fraction of sp³-hybridized carbons (Fsp3) is 0.692. The Morgan fingerprint density at radius 2 is 2.22 bits per heavy atom. The van der Waals surface area contributed by atoms with Gasteiger partial charge in [0.1, 0.15) is 0 Å². The van der Waals surface area contributed by atoms with E-state index in [1.165, 1.54) is 19.3 Å². The molecule has 0 radical (unpaired) electrons. The normalized spacial score (nSPS) is 23.9. The third-order valence-electron chi connectivity index (χ3n) is 3.72. The highest BCUT2D eigenvalue weighted by Gasteiger charge is 2.28. The Kier molecular flexibility index (Phi) is 4.43. The molecular formula is C13H20BrN3O. The number of hydrogen-bond acceptors (Lipinski definition) is 3. The standard InChI is InChI=1S/C13H20BrN3O/c1-3-17-9-8-15-12(13(17)18)16(2)11-7-5-4-6-10(11)14/h8-11H,3-7H2,1-2H3. The van der Waals surface area contributed by atoms with Gasteiger partial charge in [0.15, 0.2) is 5.82 Å². The van der Waals surface area contributed by atoms with Crippen molar-refractivity contribution in [2.24, 2.45) is 0 Å². The quantitative estimate of drug-likeness (QED) is 0.804. The first-order chi connectivity index (χ1) is 8.65. The lowest BCUT2D eigenvalue weighted by Crippen LogP contribution is -2.44. The summed E-state index contributed by atoms with van der Waals surface area (Å²) < 4.78 is 1.70. The van der Waals surface area contributed by atoms with Crippen molar-refractivity contribution in [2.75, 3.05) is 11.9 Å². The lowest BCUT2D eigenvalue weighted by Gasteiger charge is -2.35. The van der Waals surface area contributed by atoms with Gasteiger partial charge in [-0.2, -0.15) is 0 Å². The monoisotopic (exact) mass is 313 g/mol. The van der Waals surface area contributed by atoms with Crippen LogP contribution in [0.5, 0.6) is 0 Å². The van der Waals surface area contributed by atoms with E-state index in [4.69, 9.17) is 0 Å². The predicted octanol–water partition coefficient (Wildman–Crippen LogP) is 2.41. The summed E-state index contributed by atoms with van der Waals surface area (Å²) in [6, 6.07) is 0.367. The molecule has 1 aliphatic carbocycles. The van der Waals surface area contributed by atoms with E-state index >= 15 is 0 Å². The van der Waals surface area contributed by atoms with E-state index in [0.29, 0.717) is 23.2 Å². The average Bonchev–Trinajstić information content (AvgIpc) is 2.39. The third kappa shape index (κ3) is 2.60. The molecule has 1 heterocycles. The summed E-state index contributed by atoms with van der Waals surface area (Å²) in [7, 11) is 1.98. The summed E-state index contributed by atoms with van der Waals surface area (Å²) >= 11 is 3.73. The summed E-state index contributed by atoms with van der Waals surface area (Å²) in [5, 5.41) is 0. The second-order valence-corrected chi connectivity index (χ2v) is 6.00. The molecule has 4 nitrogen and oxygen atoms in total. The molecule has 0 spiro atoms. The van der Waals surface area contributed by atoms with Crippen molar-refractivity contribution in [3.8, 4) is 0 Å². The highest BCUT2D eigenvalue weighted by Crippen LogP contribution is 2.29. The molecule has 0 aromatic carbocycles. The number of anilines is 1. The van der Waals surface area contributed by atoms with Crippen molar-refractivity contribution in [1.29, 1.82) is 0 Å². The van der Waals surface area contributed by atoms with Crippen LogP contribution < -0.4 is 10.5 Å². The first kappa shape index (κ1) is 13.6. The molecule has 0 bridgehead atoms. The summed E-state index contributed by atoms with van der Waals surface area (Å²) in [5.41, 5.74) is 0.00720. The minimum atomic E-state index is 0.00720. The van der Waals surface area contributed by atoms with Crippen LogP contribution in [0.2, 0.25) is 0 Å². The molecule has 1 aromatic rings. The van der Waals surface area contributed by atoms with Crippen molar-refractivity contribution < 1.29 is 0 Å². The summed E-state index contributed by atoms with van der Waals surface area (Å²) in [6.07, 6.45) is 8.24. The summed E-state index contributed by atoms with van der Waals surface area (Å²) in [6.45, 7) is 2.66. The smallest absolute Gasteiger partial charge is 0.293 e. The van der Waals surface area contributed by atoms with Crippen LogP contribution in [0.4, 0.5) is 5.82 Å². The van der Waals surface area contributed by atoms with Crippen LogP contribution >= 0.6 is 15.9 Å². The van der Waals surface area contributed by atoms with Crippen molar-refractivity contribution in [1.82, 2.24) is 9.55 Å². The van der Waals surface area contributed by atoms with Crippen molar-refractivity contribution in [3.05, 3.63) is 22.7 Å². The number of alkyl halides is 1. The van der Waals surface area contributed by atoms with Crippen molar-refractivity contribution >= 4 is 21.7 Å². The Labute approximate surface area is 116 Å². The number of nitrogens with zero attached hydrogens (tertiary/aromatic N) is 3. The summed E-state index contributed by atoms with van der Waals surface area (Å²) in [4.78, 5) is 19.0. The topological polar surface area (TPSA) is 38.1 Å². The molecule has 1 aromatic heterocycles. The molecule has 1 aliphatic rings. The fourth-order valence-corrected chi connectivity index (χ4v) is 3.53. The van der Waals surface area contributed by atoms with E-state index in [2.05, 4.69) is 20.9 Å². The van der Waals surface area contributed by atoms with Crippen LogP contribution in [-0.2, 0) is 6.54 Å². The van der Waals surface area contributed by atoms with E-state index in [1.54, 1.807) is 17.0 Å². The maximum absolute atomic E-state index is 12.2. The lowest BCUT2D eigenvalue weighted by atomic mass is 9.94. The Morgan fingerprint density at radius 3 is 2.89 bits per heavy atom. The molecule has 0 N–H and O–H groups in total. The van der Waals surface area contributed by atoms with Gasteiger partial charge in [-0.15, -0.1) is 0 Å². The maximum Gasteiger partial charge on any atom is 0.293 e. The number of halogens is 1. The van der Waals surface area contributed by atoms with Gasteiger partial charge in [-0.25, -0.2) is 4.98 Å². The van der Waals surface area contributed by atoms with Gasteiger partial charge in [0, 0.05) is 36.9 Å². The van der Waals surface area contributed by atoms with Crippen LogP contribution in [0.1, 0.15) is 32.6 Å². The minimum absolute atomic E-state index is 0.00720. The molecule has 1 saturated carbocycles. The molecule has 100 valence electrons. The second kappa shape index (κ2) is 5.87. The lowest BCUT2D eigenvalue weighted by molar-refractivity contribution is 0.440. The highest BCUT2D eigenvalue weighted by atomic mass is 79.9. The largest absolute Gasteiger partial charge is 0.351 e. The molecule has 0 aliphatic heterocycles. The molecule has 2 rings (SSSR count). The van der Waals surface area contributed by atoms with Gasteiger partial charge in [-0.1, -0.05) is 28.8 Å². The Balaban J connectivity index is 2.28. The van der Waals surface area contributed by atoms with Crippen LogP contribution in [0.25, 0.3) is 0 Å². The zero-order chi connectivity index (χ0) is 13.1. The van der Waals surface area contributed by atoms with Crippen molar-refractivity contribution in [3.63, 3.8) is 0 Å². The molecule has 5 heteroatoms. The number of aryl methyl sites for hydroxylation is 1. The second-order valence-electron chi connectivity index (χ2n) is 4.82. The van der Waals surface area contributed by atoms with Crippen LogP contribution in [0, 0.1) is 0 Å². The van der Waals surface area contributed by atoms with Gasteiger partial charge >= 0.3 is 0 Å². The zero-order valence-corrected chi connectivity index (χ0v) is 12.6. The van der Waals surface area contributed by atoms with Crippen LogP contribution in [0.3, 0.4) is 0 Å². The molecule has 2 atom stereocenters. The van der Waals surface area contributed by atoms with E-state index in [0.717, 1.165) is 6.42 Å². The molecule has 18 heavy (non-hydrogen) atoms. The first-order valence-corrected chi connectivity index (χ1v) is 7.49. The van der Waals surface area contributed by atoms with E-state index in [1.807, 2.05) is 18.9 Å². The average molecular weight is 314 g/mol. The molecule has 1 fully saturated rings. The van der Waals surface area contributed by atoms with E-state index in [-0.39, 0.29) is 5.56 Å². The minimum Gasteiger partial charge on any atom is -0.351 e. The third-order valence-corrected chi connectivity index (χ3v) is 4.78. The first-order valence-electron chi connectivity index (χ1n) is 6.57. The van der Waals surface area contributed by atoms with Gasteiger partial charge in [0.25, 0.3) is 5.56 Å². The molecule has 0 amide bonds. The highest BCUT2D eigenvalue weighted by molar-refractivity contribution is 9.09. The molecular weight excluding hydrogens is 294 g/mol. The van der Waals surface area contributed by atoms with Crippen molar-refractivity contribution in [2.45, 2.75) is 50.0 Å². The fourth-order valence-electron chi connectivity index (χ4n) is 2.59. The number of hydrogen-bond donors (Lipinski definition) is 0. The zero-order valence-electron chi connectivity index (χ0n) is 11.0. The Morgan fingerprint density at radius 1 is 1.50 bits per heavy atom. The van der Waals surface area contributed by atoms with Gasteiger partial charge < -0.3 is 9.47 Å². The van der Waals surface area contributed by atoms with Gasteiger partial charge in [-0.05, 0) is 19.8 Å².